The first kappa shape index (κ1) is 34.2. The minimum absolute atomic E-state index is 0.463. The predicted octanol–water partition coefficient (Wildman–Crippen LogP) is 14.6. The van der Waals surface area contributed by atoms with E-state index in [1.807, 2.05) is 12.1 Å². The Morgan fingerprint density at radius 1 is 0.333 bits per heavy atom. The largest absolute Gasteiger partial charge is 0.456 e. The molecule has 0 unspecified atom stereocenters. The summed E-state index contributed by atoms with van der Waals surface area (Å²) >= 11 is 0. The van der Waals surface area contributed by atoms with Gasteiger partial charge in [0, 0.05) is 27.5 Å². The van der Waals surface area contributed by atoms with E-state index in [-0.39, 0.29) is 0 Å². The van der Waals surface area contributed by atoms with E-state index >= 15 is 0 Å². The molecule has 0 aliphatic heterocycles. The van der Waals surface area contributed by atoms with Crippen molar-refractivity contribution in [3.05, 3.63) is 241 Å². The molecule has 0 N–H and O–H groups in total. The van der Waals surface area contributed by atoms with Crippen molar-refractivity contribution in [1.29, 1.82) is 0 Å². The highest BCUT2D eigenvalue weighted by Gasteiger charge is 2.46. The molecule has 11 aromatic rings. The fourth-order valence-corrected chi connectivity index (χ4v) is 9.63. The van der Waals surface area contributed by atoms with Gasteiger partial charge in [-0.1, -0.05) is 188 Å². The van der Waals surface area contributed by atoms with Crippen LogP contribution in [0.25, 0.3) is 88.9 Å². The Labute approximate surface area is 347 Å². The van der Waals surface area contributed by atoms with Gasteiger partial charge in [-0.15, -0.1) is 0 Å². The van der Waals surface area contributed by atoms with Crippen LogP contribution >= 0.6 is 0 Å². The molecule has 0 fully saturated rings. The first-order valence-electron chi connectivity index (χ1n) is 20.5. The molecule has 0 saturated heterocycles. The zero-order valence-corrected chi connectivity index (χ0v) is 32.6. The van der Waals surface area contributed by atoms with Crippen LogP contribution in [0.2, 0.25) is 0 Å². The van der Waals surface area contributed by atoms with Gasteiger partial charge in [0.1, 0.15) is 11.2 Å². The number of benzene rings is 9. The summed E-state index contributed by atoms with van der Waals surface area (Å²) in [5.74, 6) is 0.699. The van der Waals surface area contributed by atoms with Crippen LogP contribution in [-0.2, 0) is 5.41 Å². The topological polar surface area (TPSA) is 38.9 Å². The monoisotopic (exact) mass is 764 g/mol. The summed E-state index contributed by atoms with van der Waals surface area (Å²) in [5, 5.41) is 4.53. The fourth-order valence-electron chi connectivity index (χ4n) is 9.63. The molecule has 280 valence electrons. The molecule has 0 atom stereocenters. The Bertz CT molecular complexity index is 3380. The van der Waals surface area contributed by atoms with E-state index in [1.165, 1.54) is 33.4 Å². The highest BCUT2D eigenvalue weighted by atomic mass is 16.3. The van der Waals surface area contributed by atoms with Gasteiger partial charge in [0.05, 0.1) is 16.8 Å². The molecule has 0 amide bonds. The van der Waals surface area contributed by atoms with Crippen LogP contribution in [0, 0.1) is 0 Å². The van der Waals surface area contributed by atoms with E-state index in [0.29, 0.717) is 5.82 Å². The van der Waals surface area contributed by atoms with Crippen molar-refractivity contribution in [2.24, 2.45) is 0 Å². The predicted molar refractivity (Wildman–Crippen MR) is 246 cm³/mol. The second-order valence-corrected chi connectivity index (χ2v) is 15.7. The van der Waals surface area contributed by atoms with Crippen molar-refractivity contribution in [3.8, 4) is 56.2 Å². The van der Waals surface area contributed by atoms with Crippen molar-refractivity contribution in [1.82, 2.24) is 9.97 Å². The summed E-state index contributed by atoms with van der Waals surface area (Å²) in [7, 11) is 0. The first-order valence-corrected chi connectivity index (χ1v) is 20.5. The summed E-state index contributed by atoms with van der Waals surface area (Å²) < 4.78 is 6.12. The lowest BCUT2D eigenvalue weighted by Crippen LogP contribution is -2.28. The van der Waals surface area contributed by atoms with Crippen LogP contribution in [0.1, 0.15) is 22.3 Å². The molecule has 0 saturated carbocycles. The lowest BCUT2D eigenvalue weighted by Gasteiger charge is -2.33. The van der Waals surface area contributed by atoms with Gasteiger partial charge in [-0.3, -0.25) is 0 Å². The number of furan rings is 1. The summed E-state index contributed by atoms with van der Waals surface area (Å²) in [5.41, 5.74) is 15.9. The Morgan fingerprint density at radius 3 is 1.70 bits per heavy atom. The quantitative estimate of drug-likeness (QED) is 0.169. The minimum Gasteiger partial charge on any atom is -0.456 e. The number of aromatic nitrogens is 2. The Hall–Kier alpha value is -7.88. The van der Waals surface area contributed by atoms with E-state index in [9.17, 15) is 0 Å². The van der Waals surface area contributed by atoms with Gasteiger partial charge in [-0.05, 0) is 85.6 Å². The van der Waals surface area contributed by atoms with Gasteiger partial charge < -0.3 is 4.42 Å². The molecule has 9 aromatic carbocycles. The molecule has 60 heavy (non-hydrogen) atoms. The molecule has 2 aromatic heterocycles. The molecule has 3 heteroatoms. The Kier molecular flexibility index (Phi) is 7.76. The van der Waals surface area contributed by atoms with E-state index < -0.39 is 5.41 Å². The molecule has 1 aliphatic carbocycles. The lowest BCUT2D eigenvalue weighted by molar-refractivity contribution is 0.669. The molecule has 0 radical (unpaired) electrons. The summed E-state index contributed by atoms with van der Waals surface area (Å²) in [4.78, 5) is 10.7. The third-order valence-corrected chi connectivity index (χ3v) is 12.4. The molecule has 0 bridgehead atoms. The fraction of sp³-hybridized carbons (Fsp3) is 0.0175. The van der Waals surface area contributed by atoms with Gasteiger partial charge in [-0.25, -0.2) is 9.97 Å². The number of rotatable bonds is 6. The van der Waals surface area contributed by atoms with Crippen molar-refractivity contribution >= 4 is 32.7 Å². The maximum atomic E-state index is 6.12. The normalized spacial score (nSPS) is 12.8. The first-order chi connectivity index (χ1) is 29.7. The van der Waals surface area contributed by atoms with Crippen LogP contribution < -0.4 is 0 Å². The average molecular weight is 765 g/mol. The smallest absolute Gasteiger partial charge is 0.161 e. The molecular weight excluding hydrogens is 729 g/mol. The zero-order chi connectivity index (χ0) is 39.6. The second-order valence-electron chi connectivity index (χ2n) is 15.7. The molecule has 2 heterocycles. The summed E-state index contributed by atoms with van der Waals surface area (Å²) in [6, 6.07) is 78.1. The number of fused-ring (bicyclic) bond motifs is 7. The van der Waals surface area contributed by atoms with Crippen LogP contribution in [0.5, 0.6) is 0 Å². The maximum Gasteiger partial charge on any atom is 0.161 e. The van der Waals surface area contributed by atoms with E-state index in [2.05, 4.69) is 206 Å². The second kappa shape index (κ2) is 13.6. The Balaban J connectivity index is 1.02. The number of hydrogen-bond donors (Lipinski definition) is 0. The highest BCUT2D eigenvalue weighted by molar-refractivity contribution is 6.06. The van der Waals surface area contributed by atoms with Crippen LogP contribution in [-0.4, -0.2) is 9.97 Å². The highest BCUT2D eigenvalue weighted by Crippen LogP contribution is 2.56. The number of nitrogens with zero attached hydrogens (tertiary/aromatic N) is 2. The van der Waals surface area contributed by atoms with Gasteiger partial charge in [0.15, 0.2) is 5.82 Å². The summed E-state index contributed by atoms with van der Waals surface area (Å²) in [6.45, 7) is 0. The van der Waals surface area contributed by atoms with Crippen molar-refractivity contribution in [3.63, 3.8) is 0 Å². The van der Waals surface area contributed by atoms with Crippen molar-refractivity contribution in [2.45, 2.75) is 5.41 Å². The molecule has 3 nitrogen and oxygen atoms in total. The van der Waals surface area contributed by atoms with Gasteiger partial charge in [0.2, 0.25) is 0 Å². The van der Waals surface area contributed by atoms with Gasteiger partial charge in [0.25, 0.3) is 0 Å². The molecule has 1 aliphatic rings. The maximum absolute atomic E-state index is 6.12. The van der Waals surface area contributed by atoms with Crippen molar-refractivity contribution in [2.75, 3.05) is 0 Å². The SMILES string of the molecule is c1ccc(C2(c3ccccc3)c3ccccc3-c3cc(-c4cc(-c5ccc(-c6ccc7oc8ccccc8c7c6)cc5)nc(-c5cccc6ccccc56)n4)ccc32)cc1. The van der Waals surface area contributed by atoms with E-state index in [0.717, 1.165) is 71.9 Å². The minimum atomic E-state index is -0.463. The molecule has 12 rings (SSSR count). The van der Waals surface area contributed by atoms with Crippen molar-refractivity contribution < 1.29 is 4.42 Å². The van der Waals surface area contributed by atoms with Crippen LogP contribution in [0.4, 0.5) is 0 Å². The lowest BCUT2D eigenvalue weighted by atomic mass is 9.67. The average Bonchev–Trinajstić information content (AvgIpc) is 3.85. The van der Waals surface area contributed by atoms with E-state index in [4.69, 9.17) is 14.4 Å². The summed E-state index contributed by atoms with van der Waals surface area (Å²) in [6.07, 6.45) is 0. The van der Waals surface area contributed by atoms with E-state index in [1.54, 1.807) is 0 Å². The van der Waals surface area contributed by atoms with Crippen LogP contribution in [0.3, 0.4) is 0 Å². The third kappa shape index (κ3) is 5.30. The third-order valence-electron chi connectivity index (χ3n) is 12.4. The standard InChI is InChI=1S/C57H36N2O/c1-3-16-42(17-4-1)57(43-18-5-2-6-19-43)50-24-11-9-21-45(50)48-35-41(30-32-51(48)57)53-36-52(58-56(59-53)47-23-13-15-38-14-7-8-20-44(38)47)39-28-26-37(27-29-39)40-31-33-55-49(34-40)46-22-10-12-25-54(46)60-55/h1-36H. The Morgan fingerprint density at radius 2 is 0.900 bits per heavy atom. The van der Waals surface area contributed by atoms with Gasteiger partial charge in [-0.2, -0.15) is 0 Å². The van der Waals surface area contributed by atoms with Crippen LogP contribution in [0.15, 0.2) is 223 Å². The van der Waals surface area contributed by atoms with Gasteiger partial charge >= 0.3 is 0 Å². The zero-order valence-electron chi connectivity index (χ0n) is 32.6. The molecular formula is C57H36N2O. The number of hydrogen-bond acceptors (Lipinski definition) is 3. The molecule has 0 spiro atoms. The number of para-hydroxylation sites is 1.